The fourth-order valence-corrected chi connectivity index (χ4v) is 4.23. The number of hydrogen-bond donors (Lipinski definition) is 3. The van der Waals surface area contributed by atoms with Gasteiger partial charge in [-0.2, -0.15) is 5.10 Å². The molecule has 0 fully saturated rings. The fraction of sp³-hybridized carbons (Fsp3) is 0.167. The number of carboxylic acids is 2. The van der Waals surface area contributed by atoms with E-state index >= 15 is 0 Å². The molecule has 3 N–H and O–H groups in total. The average molecular weight is 497 g/mol. The van der Waals surface area contributed by atoms with E-state index in [0.29, 0.717) is 18.8 Å². The highest BCUT2D eigenvalue weighted by Crippen LogP contribution is 2.36. The Morgan fingerprint density at radius 1 is 0.946 bits per heavy atom. The lowest BCUT2D eigenvalue weighted by Gasteiger charge is -2.17. The van der Waals surface area contributed by atoms with Crippen LogP contribution in [0.3, 0.4) is 0 Å². The number of aromatic nitrogens is 2. The SMILES string of the molecule is CC/C(=C(/c1ccc(/C=C/C(=O)O)cc1)c1ccc2[nH]ncc2c1)c1ccc(OCCCC(=O)O)cc1. The molecule has 7 nitrogen and oxygen atoms in total. The first-order chi connectivity index (χ1) is 17.9. The van der Waals surface area contributed by atoms with E-state index in [2.05, 4.69) is 29.3 Å². The van der Waals surface area contributed by atoms with Gasteiger partial charge in [0.25, 0.3) is 0 Å². The summed E-state index contributed by atoms with van der Waals surface area (Å²) in [6.45, 7) is 2.47. The zero-order valence-electron chi connectivity index (χ0n) is 20.5. The van der Waals surface area contributed by atoms with Gasteiger partial charge in [-0.25, -0.2) is 4.79 Å². The molecule has 4 aromatic rings. The molecule has 0 aliphatic heterocycles. The molecule has 0 bridgehead atoms. The first-order valence-electron chi connectivity index (χ1n) is 12.1. The van der Waals surface area contributed by atoms with Crippen LogP contribution in [0.25, 0.3) is 28.1 Å². The monoisotopic (exact) mass is 496 g/mol. The molecule has 0 aliphatic carbocycles. The van der Waals surface area contributed by atoms with Crippen molar-refractivity contribution in [1.82, 2.24) is 10.2 Å². The molecule has 7 heteroatoms. The van der Waals surface area contributed by atoms with Crippen LogP contribution in [0.15, 0.2) is 79.0 Å². The summed E-state index contributed by atoms with van der Waals surface area (Å²) in [6.07, 6.45) is 5.81. The van der Waals surface area contributed by atoms with Gasteiger partial charge in [-0.1, -0.05) is 49.4 Å². The normalized spacial score (nSPS) is 12.0. The summed E-state index contributed by atoms with van der Waals surface area (Å²) in [5.41, 5.74) is 7.11. The van der Waals surface area contributed by atoms with Crippen molar-refractivity contribution in [3.63, 3.8) is 0 Å². The van der Waals surface area contributed by atoms with E-state index in [1.165, 1.54) is 0 Å². The second kappa shape index (κ2) is 11.9. The van der Waals surface area contributed by atoms with E-state index in [1.54, 1.807) is 12.3 Å². The van der Waals surface area contributed by atoms with Crippen molar-refractivity contribution in [2.75, 3.05) is 6.61 Å². The number of aromatic amines is 1. The molecule has 1 heterocycles. The van der Waals surface area contributed by atoms with Crippen molar-refractivity contribution in [2.24, 2.45) is 0 Å². The topological polar surface area (TPSA) is 113 Å². The van der Waals surface area contributed by atoms with Gasteiger partial charge in [0.05, 0.1) is 18.3 Å². The highest BCUT2D eigenvalue weighted by atomic mass is 16.5. The molecule has 0 atom stereocenters. The Morgan fingerprint density at radius 2 is 1.65 bits per heavy atom. The highest BCUT2D eigenvalue weighted by Gasteiger charge is 2.14. The Kier molecular flexibility index (Phi) is 8.15. The van der Waals surface area contributed by atoms with E-state index in [-0.39, 0.29) is 6.42 Å². The summed E-state index contributed by atoms with van der Waals surface area (Å²) in [5, 5.41) is 25.9. The number of carboxylic acid groups (broad SMARTS) is 2. The van der Waals surface area contributed by atoms with E-state index in [4.69, 9.17) is 14.9 Å². The fourth-order valence-electron chi connectivity index (χ4n) is 4.23. The number of nitrogens with one attached hydrogen (secondary N) is 1. The van der Waals surface area contributed by atoms with E-state index in [9.17, 15) is 9.59 Å². The molecule has 1 aromatic heterocycles. The Morgan fingerprint density at radius 3 is 2.32 bits per heavy atom. The van der Waals surface area contributed by atoms with E-state index in [0.717, 1.165) is 56.8 Å². The van der Waals surface area contributed by atoms with Crippen molar-refractivity contribution in [1.29, 1.82) is 0 Å². The van der Waals surface area contributed by atoms with Gasteiger partial charge in [-0.15, -0.1) is 0 Å². The number of fused-ring (bicyclic) bond motifs is 1. The summed E-state index contributed by atoms with van der Waals surface area (Å²) in [4.78, 5) is 21.6. The van der Waals surface area contributed by atoms with Gasteiger partial charge in [0, 0.05) is 17.9 Å². The third-order valence-electron chi connectivity index (χ3n) is 6.01. The van der Waals surface area contributed by atoms with Crippen molar-refractivity contribution in [3.05, 3.63) is 101 Å². The lowest BCUT2D eigenvalue weighted by Crippen LogP contribution is -2.02. The summed E-state index contributed by atoms with van der Waals surface area (Å²) < 4.78 is 5.71. The van der Waals surface area contributed by atoms with Crippen LogP contribution in [0.1, 0.15) is 48.4 Å². The van der Waals surface area contributed by atoms with E-state index in [1.807, 2.05) is 54.6 Å². The van der Waals surface area contributed by atoms with Gasteiger partial charge < -0.3 is 14.9 Å². The Labute approximate surface area is 214 Å². The number of nitrogens with zero attached hydrogens (tertiary/aromatic N) is 1. The van der Waals surface area contributed by atoms with Gasteiger partial charge in [0.2, 0.25) is 0 Å². The predicted octanol–water partition coefficient (Wildman–Crippen LogP) is 6.27. The van der Waals surface area contributed by atoms with Crippen molar-refractivity contribution < 1.29 is 24.5 Å². The molecule has 0 saturated carbocycles. The molecule has 0 spiro atoms. The number of H-pyrrole nitrogens is 1. The number of rotatable bonds is 11. The van der Waals surface area contributed by atoms with Crippen LogP contribution in [0.2, 0.25) is 0 Å². The van der Waals surface area contributed by atoms with Gasteiger partial charge in [0.15, 0.2) is 0 Å². The largest absolute Gasteiger partial charge is 0.494 e. The zero-order valence-corrected chi connectivity index (χ0v) is 20.5. The highest BCUT2D eigenvalue weighted by molar-refractivity contribution is 6.00. The minimum absolute atomic E-state index is 0.0794. The predicted molar refractivity (Wildman–Crippen MR) is 144 cm³/mol. The second-order valence-electron chi connectivity index (χ2n) is 8.54. The van der Waals surface area contributed by atoms with Gasteiger partial charge in [-0.05, 0) is 76.6 Å². The third-order valence-corrected chi connectivity index (χ3v) is 6.01. The number of ether oxygens (including phenoxy) is 1. The van der Waals surface area contributed by atoms with Crippen LogP contribution in [0.5, 0.6) is 5.75 Å². The summed E-state index contributed by atoms with van der Waals surface area (Å²) in [6, 6.07) is 21.9. The minimum Gasteiger partial charge on any atom is -0.494 e. The van der Waals surface area contributed by atoms with Crippen LogP contribution in [0.4, 0.5) is 0 Å². The number of hydrogen-bond acceptors (Lipinski definition) is 4. The molecular formula is C30H28N2O5. The standard InChI is InChI=1S/C30H28N2O5/c1-2-26(21-10-13-25(14-11-21)37-17-3-4-28(33)34)30(23-12-15-27-24(18-23)19-31-32-27)22-8-5-20(6-9-22)7-16-29(35)36/h5-16,18-19H,2-4,17H2,1H3,(H,31,32)(H,33,34)(H,35,36)/b16-7+,30-26+. The lowest BCUT2D eigenvalue weighted by atomic mass is 9.87. The zero-order chi connectivity index (χ0) is 26.2. The first kappa shape index (κ1) is 25.4. The third kappa shape index (κ3) is 6.52. The molecule has 0 amide bonds. The molecule has 0 radical (unpaired) electrons. The average Bonchev–Trinajstić information content (AvgIpc) is 3.37. The number of allylic oxidation sites excluding steroid dienone is 1. The first-order valence-corrected chi connectivity index (χ1v) is 12.1. The van der Waals surface area contributed by atoms with Crippen LogP contribution in [0, 0.1) is 0 Å². The molecule has 0 unspecified atom stereocenters. The molecule has 4 rings (SSSR count). The molecule has 37 heavy (non-hydrogen) atoms. The van der Waals surface area contributed by atoms with Crippen LogP contribution in [-0.4, -0.2) is 39.0 Å². The van der Waals surface area contributed by atoms with Crippen LogP contribution in [-0.2, 0) is 9.59 Å². The van der Waals surface area contributed by atoms with Crippen molar-refractivity contribution in [2.45, 2.75) is 26.2 Å². The van der Waals surface area contributed by atoms with Gasteiger partial charge in [0.1, 0.15) is 5.75 Å². The van der Waals surface area contributed by atoms with E-state index < -0.39 is 11.9 Å². The van der Waals surface area contributed by atoms with Gasteiger partial charge in [-0.3, -0.25) is 9.89 Å². The number of carbonyl (C=O) groups is 2. The van der Waals surface area contributed by atoms with Crippen LogP contribution >= 0.6 is 0 Å². The maximum absolute atomic E-state index is 10.9. The summed E-state index contributed by atoms with van der Waals surface area (Å²) >= 11 is 0. The smallest absolute Gasteiger partial charge is 0.328 e. The second-order valence-corrected chi connectivity index (χ2v) is 8.54. The maximum atomic E-state index is 10.9. The number of aliphatic carboxylic acids is 2. The Bertz CT molecular complexity index is 1450. The maximum Gasteiger partial charge on any atom is 0.328 e. The van der Waals surface area contributed by atoms with Crippen LogP contribution < -0.4 is 4.74 Å². The molecule has 0 saturated heterocycles. The molecular weight excluding hydrogens is 468 g/mol. The number of benzene rings is 3. The lowest BCUT2D eigenvalue weighted by molar-refractivity contribution is -0.137. The molecule has 3 aromatic carbocycles. The molecule has 0 aliphatic rings. The summed E-state index contributed by atoms with van der Waals surface area (Å²) in [7, 11) is 0. The van der Waals surface area contributed by atoms with Gasteiger partial charge >= 0.3 is 11.9 Å². The van der Waals surface area contributed by atoms with Crippen molar-refractivity contribution in [3.8, 4) is 5.75 Å². The summed E-state index contributed by atoms with van der Waals surface area (Å²) in [5.74, 6) is -1.12. The Balaban J connectivity index is 1.73. The quantitative estimate of drug-likeness (QED) is 0.128. The molecule has 188 valence electrons. The minimum atomic E-state index is -0.986. The van der Waals surface area contributed by atoms with Crippen molar-refractivity contribution >= 4 is 40.1 Å². The Hall–Kier alpha value is -4.65.